The van der Waals surface area contributed by atoms with Crippen molar-refractivity contribution in [2.75, 3.05) is 27.7 Å². The second-order valence-corrected chi connectivity index (χ2v) is 7.88. The number of ether oxygens (including phenoxy) is 1. The molecule has 1 N–H and O–H groups in total. The Labute approximate surface area is 173 Å². The van der Waals surface area contributed by atoms with Gasteiger partial charge in [0.05, 0.1) is 6.61 Å². The molecular formula is C24H43NO3. The molecule has 1 aromatic rings. The summed E-state index contributed by atoms with van der Waals surface area (Å²) in [6, 6.07) is 6.50. The Morgan fingerprint density at radius 2 is 1.25 bits per heavy atom. The van der Waals surface area contributed by atoms with Crippen molar-refractivity contribution in [1.29, 1.82) is 0 Å². The molecule has 1 aromatic carbocycles. The second-order valence-electron chi connectivity index (χ2n) is 7.88. The van der Waals surface area contributed by atoms with Gasteiger partial charge in [0.15, 0.2) is 0 Å². The molecule has 0 radical (unpaired) electrons. The Kier molecular flexibility index (Phi) is 17.8. The molecular weight excluding hydrogens is 350 g/mol. The van der Waals surface area contributed by atoms with Crippen LogP contribution in [0.1, 0.15) is 94.3 Å². The third-order valence-electron chi connectivity index (χ3n) is 4.36. The van der Waals surface area contributed by atoms with Crippen molar-refractivity contribution in [1.82, 2.24) is 4.90 Å². The van der Waals surface area contributed by atoms with E-state index in [1.807, 2.05) is 26.0 Å². The Balaban J connectivity index is 0.00000165. The number of phenols is 1. The summed E-state index contributed by atoms with van der Waals surface area (Å²) in [6.45, 7) is 2.69. The van der Waals surface area contributed by atoms with Gasteiger partial charge in [-0.1, -0.05) is 89.7 Å². The SMILES string of the molecule is CCCCCCCCCCCCCCOC(=O)c1ccccc1O.CN(C)C. The number of hydrogen-bond acceptors (Lipinski definition) is 4. The van der Waals surface area contributed by atoms with Crippen molar-refractivity contribution in [2.45, 2.75) is 84.0 Å². The average Bonchev–Trinajstić information content (AvgIpc) is 2.65. The maximum atomic E-state index is 11.8. The van der Waals surface area contributed by atoms with E-state index in [-0.39, 0.29) is 11.3 Å². The van der Waals surface area contributed by atoms with Gasteiger partial charge in [0.2, 0.25) is 0 Å². The Hall–Kier alpha value is -1.55. The van der Waals surface area contributed by atoms with Gasteiger partial charge < -0.3 is 14.7 Å². The Morgan fingerprint density at radius 3 is 1.71 bits per heavy atom. The van der Waals surface area contributed by atoms with Crippen LogP contribution in [0.3, 0.4) is 0 Å². The summed E-state index contributed by atoms with van der Waals surface area (Å²) in [4.78, 5) is 13.8. The quantitative estimate of drug-likeness (QED) is 0.292. The van der Waals surface area contributed by atoms with E-state index < -0.39 is 5.97 Å². The summed E-state index contributed by atoms with van der Waals surface area (Å²) < 4.78 is 5.20. The van der Waals surface area contributed by atoms with E-state index >= 15 is 0 Å². The molecule has 0 aliphatic rings. The topological polar surface area (TPSA) is 49.8 Å². The molecule has 0 aliphatic heterocycles. The maximum Gasteiger partial charge on any atom is 0.341 e. The molecule has 4 heteroatoms. The lowest BCUT2D eigenvalue weighted by Crippen LogP contribution is -2.06. The zero-order chi connectivity index (χ0) is 21.0. The molecule has 0 aliphatic carbocycles. The van der Waals surface area contributed by atoms with Crippen LogP contribution in [0.15, 0.2) is 24.3 Å². The van der Waals surface area contributed by atoms with Gasteiger partial charge in [-0.05, 0) is 39.7 Å². The van der Waals surface area contributed by atoms with Crippen molar-refractivity contribution in [3.05, 3.63) is 29.8 Å². The highest BCUT2D eigenvalue weighted by atomic mass is 16.5. The number of nitrogens with zero attached hydrogens (tertiary/aromatic N) is 1. The highest BCUT2D eigenvalue weighted by Crippen LogP contribution is 2.17. The van der Waals surface area contributed by atoms with Crippen LogP contribution >= 0.6 is 0 Å². The number of rotatable bonds is 14. The molecule has 0 saturated heterocycles. The van der Waals surface area contributed by atoms with E-state index in [9.17, 15) is 9.90 Å². The normalized spacial score (nSPS) is 10.5. The third-order valence-corrected chi connectivity index (χ3v) is 4.36. The molecule has 0 saturated carbocycles. The molecule has 0 atom stereocenters. The summed E-state index contributed by atoms with van der Waals surface area (Å²) in [5.74, 6) is -0.451. The zero-order valence-corrected chi connectivity index (χ0v) is 18.7. The van der Waals surface area contributed by atoms with Gasteiger partial charge >= 0.3 is 5.97 Å². The van der Waals surface area contributed by atoms with Gasteiger partial charge in [-0.2, -0.15) is 0 Å². The minimum absolute atomic E-state index is 0.0165. The highest BCUT2D eigenvalue weighted by Gasteiger charge is 2.10. The lowest BCUT2D eigenvalue weighted by atomic mass is 10.1. The van der Waals surface area contributed by atoms with Gasteiger partial charge in [0.1, 0.15) is 11.3 Å². The van der Waals surface area contributed by atoms with Crippen molar-refractivity contribution < 1.29 is 14.6 Å². The number of unbranched alkanes of at least 4 members (excludes halogenated alkanes) is 11. The van der Waals surface area contributed by atoms with Crippen molar-refractivity contribution >= 4 is 5.97 Å². The standard InChI is InChI=1S/C21H34O3.C3H9N/c1-2-3-4-5-6-7-8-9-10-11-12-15-18-24-21(23)19-16-13-14-17-20(19)22;1-4(2)3/h13-14,16-17,22H,2-12,15,18H2,1H3;1-3H3. The van der Waals surface area contributed by atoms with Gasteiger partial charge in [0, 0.05) is 0 Å². The molecule has 0 heterocycles. The fourth-order valence-electron chi connectivity index (χ4n) is 2.83. The number of hydrogen-bond donors (Lipinski definition) is 1. The monoisotopic (exact) mass is 393 g/mol. The van der Waals surface area contributed by atoms with Crippen molar-refractivity contribution in [3.8, 4) is 5.75 Å². The largest absolute Gasteiger partial charge is 0.507 e. The number of carbonyl (C=O) groups is 1. The van der Waals surface area contributed by atoms with E-state index in [1.54, 1.807) is 18.2 Å². The average molecular weight is 394 g/mol. The minimum atomic E-state index is -0.434. The fourth-order valence-corrected chi connectivity index (χ4v) is 2.83. The number of esters is 1. The predicted octanol–water partition coefficient (Wildman–Crippen LogP) is 6.43. The number of carbonyl (C=O) groups excluding carboxylic acids is 1. The van der Waals surface area contributed by atoms with Crippen LogP contribution in [0.2, 0.25) is 0 Å². The summed E-state index contributed by atoms with van der Waals surface area (Å²) in [5, 5.41) is 9.58. The van der Waals surface area contributed by atoms with E-state index in [1.165, 1.54) is 70.3 Å². The lowest BCUT2D eigenvalue weighted by Gasteiger charge is -2.06. The van der Waals surface area contributed by atoms with Crippen molar-refractivity contribution in [3.63, 3.8) is 0 Å². The first kappa shape index (κ1) is 26.4. The van der Waals surface area contributed by atoms with Crippen LogP contribution in [0.25, 0.3) is 0 Å². The first-order chi connectivity index (χ1) is 13.5. The zero-order valence-electron chi connectivity index (χ0n) is 18.7. The molecule has 0 amide bonds. The number of benzene rings is 1. The molecule has 1 rings (SSSR count). The van der Waals surface area contributed by atoms with Gasteiger partial charge in [-0.3, -0.25) is 0 Å². The molecule has 0 aromatic heterocycles. The summed E-state index contributed by atoms with van der Waals surface area (Å²) >= 11 is 0. The van der Waals surface area contributed by atoms with Crippen LogP contribution in [0.5, 0.6) is 5.75 Å². The van der Waals surface area contributed by atoms with Crippen LogP contribution in [0, 0.1) is 0 Å². The maximum absolute atomic E-state index is 11.8. The second kappa shape index (κ2) is 18.8. The van der Waals surface area contributed by atoms with E-state index in [2.05, 4.69) is 6.92 Å². The minimum Gasteiger partial charge on any atom is -0.507 e. The first-order valence-corrected chi connectivity index (χ1v) is 11.0. The molecule has 0 unspecified atom stereocenters. The third kappa shape index (κ3) is 16.6. The predicted molar refractivity (Wildman–Crippen MR) is 119 cm³/mol. The molecule has 4 nitrogen and oxygen atoms in total. The van der Waals surface area contributed by atoms with Crippen LogP contribution in [0.4, 0.5) is 0 Å². The van der Waals surface area contributed by atoms with Crippen LogP contribution in [-0.2, 0) is 4.74 Å². The summed E-state index contributed by atoms with van der Waals surface area (Å²) in [6.07, 6.45) is 15.4. The Morgan fingerprint density at radius 1 is 0.821 bits per heavy atom. The Bertz CT molecular complexity index is 486. The van der Waals surface area contributed by atoms with E-state index in [0.29, 0.717) is 6.61 Å². The number of phenolic OH excluding ortho intramolecular Hbond substituents is 1. The fraction of sp³-hybridized carbons (Fsp3) is 0.708. The van der Waals surface area contributed by atoms with Gasteiger partial charge in [-0.25, -0.2) is 4.79 Å². The van der Waals surface area contributed by atoms with Gasteiger partial charge in [-0.15, -0.1) is 0 Å². The molecule has 0 bridgehead atoms. The molecule has 0 fully saturated rings. The highest BCUT2D eigenvalue weighted by molar-refractivity contribution is 5.92. The summed E-state index contributed by atoms with van der Waals surface area (Å²) in [5.41, 5.74) is 0.247. The molecule has 162 valence electrons. The van der Waals surface area contributed by atoms with Crippen molar-refractivity contribution in [2.24, 2.45) is 0 Å². The summed E-state index contributed by atoms with van der Waals surface area (Å²) in [7, 11) is 6.00. The van der Waals surface area contributed by atoms with E-state index in [4.69, 9.17) is 4.74 Å². The van der Waals surface area contributed by atoms with Gasteiger partial charge in [0.25, 0.3) is 0 Å². The first-order valence-electron chi connectivity index (χ1n) is 11.0. The van der Waals surface area contributed by atoms with Crippen LogP contribution < -0.4 is 0 Å². The van der Waals surface area contributed by atoms with Crippen LogP contribution in [-0.4, -0.2) is 43.7 Å². The molecule has 28 heavy (non-hydrogen) atoms. The number of para-hydroxylation sites is 1. The van der Waals surface area contributed by atoms with E-state index in [0.717, 1.165) is 12.8 Å². The number of aromatic hydroxyl groups is 1. The molecule has 0 spiro atoms. The smallest absolute Gasteiger partial charge is 0.341 e. The lowest BCUT2D eigenvalue weighted by molar-refractivity contribution is 0.0494.